The summed E-state index contributed by atoms with van der Waals surface area (Å²) in [4.78, 5) is 11.2. The molecule has 0 aliphatic rings. The van der Waals surface area contributed by atoms with E-state index in [0.29, 0.717) is 0 Å². The van der Waals surface area contributed by atoms with Crippen molar-refractivity contribution in [3.05, 3.63) is 53.6 Å². The van der Waals surface area contributed by atoms with Gasteiger partial charge in [0, 0.05) is 5.56 Å². The lowest BCUT2D eigenvalue weighted by Gasteiger charge is -1.96. The summed E-state index contributed by atoms with van der Waals surface area (Å²) in [5.41, 5.74) is 1.83. The zero-order valence-electron chi connectivity index (χ0n) is 10.6. The molecule has 1 rings (SSSR count). The summed E-state index contributed by atoms with van der Waals surface area (Å²) in [5.74, 6) is 0.110. The van der Waals surface area contributed by atoms with E-state index in [0.717, 1.165) is 17.5 Å². The van der Waals surface area contributed by atoms with Crippen molar-refractivity contribution in [3.63, 3.8) is 0 Å². The first-order chi connectivity index (χ1) is 8.24. The molecule has 0 N–H and O–H groups in total. The topological polar surface area (TPSA) is 17.1 Å². The van der Waals surface area contributed by atoms with Crippen LogP contribution in [0.4, 0.5) is 0 Å². The Hall–Kier alpha value is -1.63. The molecule has 0 saturated heterocycles. The summed E-state index contributed by atoms with van der Waals surface area (Å²) in [7, 11) is 0. The largest absolute Gasteiger partial charge is 0.295 e. The number of benzene rings is 1. The van der Waals surface area contributed by atoms with Crippen LogP contribution in [0, 0.1) is 0 Å². The van der Waals surface area contributed by atoms with Crippen molar-refractivity contribution in [1.29, 1.82) is 0 Å². The van der Waals surface area contributed by atoms with E-state index in [4.69, 9.17) is 0 Å². The van der Waals surface area contributed by atoms with Crippen LogP contribution in [0.2, 0.25) is 0 Å². The Labute approximate surface area is 104 Å². The molecule has 1 aromatic carbocycles. The van der Waals surface area contributed by atoms with Gasteiger partial charge >= 0.3 is 0 Å². The van der Waals surface area contributed by atoms with Gasteiger partial charge in [-0.05, 0) is 25.0 Å². The van der Waals surface area contributed by atoms with Crippen LogP contribution < -0.4 is 0 Å². The molecule has 0 aliphatic heterocycles. The summed E-state index contributed by atoms with van der Waals surface area (Å²) in [6.07, 6.45) is 11.9. The van der Waals surface area contributed by atoms with Gasteiger partial charge in [0.15, 0.2) is 5.78 Å². The highest BCUT2D eigenvalue weighted by molar-refractivity contribution is 5.94. The van der Waals surface area contributed by atoms with Crippen molar-refractivity contribution in [3.8, 4) is 0 Å². The number of allylic oxidation sites excluding steroid dienone is 3. The van der Waals surface area contributed by atoms with E-state index in [2.05, 4.69) is 19.1 Å². The van der Waals surface area contributed by atoms with Gasteiger partial charge < -0.3 is 0 Å². The van der Waals surface area contributed by atoms with Gasteiger partial charge in [0.25, 0.3) is 0 Å². The number of carbonyl (C=O) groups excluding carboxylic acids is 1. The molecule has 0 saturated carbocycles. The first-order valence-corrected chi connectivity index (χ1v) is 6.18. The number of ketones is 1. The maximum absolute atomic E-state index is 11.2. The third-order valence-electron chi connectivity index (χ3n) is 2.55. The SMILES string of the molecule is CCCC/C=C/C=C/c1cccc(C(C)=O)c1. The fourth-order valence-electron chi connectivity index (χ4n) is 1.52. The standard InChI is InChI=1S/C16H20O/c1-3-4-5-6-7-8-10-15-11-9-12-16(13-15)14(2)17/h6-13H,3-5H2,1-2H3/b7-6+,10-8+. The van der Waals surface area contributed by atoms with Gasteiger partial charge in [-0.3, -0.25) is 4.79 Å². The third-order valence-corrected chi connectivity index (χ3v) is 2.55. The molecule has 17 heavy (non-hydrogen) atoms. The van der Waals surface area contributed by atoms with Crippen LogP contribution in [0.1, 0.15) is 49.0 Å². The van der Waals surface area contributed by atoms with E-state index in [1.807, 2.05) is 36.4 Å². The molecule has 0 amide bonds. The monoisotopic (exact) mass is 228 g/mol. The number of rotatable bonds is 6. The number of hydrogen-bond donors (Lipinski definition) is 0. The van der Waals surface area contributed by atoms with Crippen molar-refractivity contribution < 1.29 is 4.79 Å². The number of Topliss-reactive ketones (excluding diaryl/α,β-unsaturated/α-hetero) is 1. The molecular weight excluding hydrogens is 208 g/mol. The van der Waals surface area contributed by atoms with Crippen molar-refractivity contribution >= 4 is 11.9 Å². The maximum atomic E-state index is 11.2. The average molecular weight is 228 g/mol. The zero-order chi connectivity index (χ0) is 12.5. The minimum atomic E-state index is 0.110. The fraction of sp³-hybridized carbons (Fsp3) is 0.312. The molecule has 0 aromatic heterocycles. The van der Waals surface area contributed by atoms with E-state index >= 15 is 0 Å². The molecule has 0 unspecified atom stereocenters. The van der Waals surface area contributed by atoms with E-state index in [-0.39, 0.29) is 5.78 Å². The van der Waals surface area contributed by atoms with Gasteiger partial charge in [0.2, 0.25) is 0 Å². The van der Waals surface area contributed by atoms with Crippen LogP contribution in [0.3, 0.4) is 0 Å². The van der Waals surface area contributed by atoms with E-state index in [9.17, 15) is 4.79 Å². The molecule has 0 fully saturated rings. The van der Waals surface area contributed by atoms with Gasteiger partial charge in [-0.25, -0.2) is 0 Å². The highest BCUT2D eigenvalue weighted by Crippen LogP contribution is 2.08. The van der Waals surface area contributed by atoms with Gasteiger partial charge in [-0.1, -0.05) is 62.3 Å². The summed E-state index contributed by atoms with van der Waals surface area (Å²) >= 11 is 0. The Morgan fingerprint density at radius 2 is 2.12 bits per heavy atom. The minimum absolute atomic E-state index is 0.110. The predicted molar refractivity (Wildman–Crippen MR) is 74.1 cm³/mol. The lowest BCUT2D eigenvalue weighted by atomic mass is 10.1. The second kappa shape index (κ2) is 7.61. The van der Waals surface area contributed by atoms with Crippen molar-refractivity contribution in [2.24, 2.45) is 0 Å². The lowest BCUT2D eigenvalue weighted by molar-refractivity contribution is 0.101. The van der Waals surface area contributed by atoms with Crippen LogP contribution in [-0.2, 0) is 0 Å². The first kappa shape index (κ1) is 13.4. The Morgan fingerprint density at radius 3 is 2.82 bits per heavy atom. The third kappa shape index (κ3) is 5.30. The van der Waals surface area contributed by atoms with Gasteiger partial charge in [0.05, 0.1) is 0 Å². The minimum Gasteiger partial charge on any atom is -0.295 e. The van der Waals surface area contributed by atoms with Gasteiger partial charge in [0.1, 0.15) is 0 Å². The molecule has 1 aromatic rings. The van der Waals surface area contributed by atoms with Crippen molar-refractivity contribution in [2.75, 3.05) is 0 Å². The second-order valence-corrected chi connectivity index (χ2v) is 4.11. The molecule has 0 radical (unpaired) electrons. The van der Waals surface area contributed by atoms with Crippen LogP contribution in [0.5, 0.6) is 0 Å². The highest BCUT2D eigenvalue weighted by atomic mass is 16.1. The van der Waals surface area contributed by atoms with Gasteiger partial charge in [-0.15, -0.1) is 0 Å². The maximum Gasteiger partial charge on any atom is 0.159 e. The smallest absolute Gasteiger partial charge is 0.159 e. The summed E-state index contributed by atoms with van der Waals surface area (Å²) < 4.78 is 0. The van der Waals surface area contributed by atoms with E-state index < -0.39 is 0 Å². The predicted octanol–water partition coefficient (Wildman–Crippen LogP) is 4.65. The van der Waals surface area contributed by atoms with Crippen LogP contribution in [0.15, 0.2) is 42.5 Å². The van der Waals surface area contributed by atoms with Crippen LogP contribution in [0.25, 0.3) is 6.08 Å². The molecule has 1 nitrogen and oxygen atoms in total. The van der Waals surface area contributed by atoms with Crippen molar-refractivity contribution in [1.82, 2.24) is 0 Å². The molecule has 0 heterocycles. The highest BCUT2D eigenvalue weighted by Gasteiger charge is 1.97. The molecule has 0 aliphatic carbocycles. The van der Waals surface area contributed by atoms with E-state index in [1.165, 1.54) is 12.8 Å². The Balaban J connectivity index is 2.56. The Kier molecular flexibility index (Phi) is 6.02. The van der Waals surface area contributed by atoms with Gasteiger partial charge in [-0.2, -0.15) is 0 Å². The molecule has 90 valence electrons. The average Bonchev–Trinajstić information content (AvgIpc) is 2.34. The fourth-order valence-corrected chi connectivity index (χ4v) is 1.52. The molecule has 0 atom stereocenters. The normalized spacial score (nSPS) is 11.4. The van der Waals surface area contributed by atoms with E-state index in [1.54, 1.807) is 6.92 Å². The molecule has 0 bridgehead atoms. The quantitative estimate of drug-likeness (QED) is 0.393. The van der Waals surface area contributed by atoms with Crippen LogP contribution >= 0.6 is 0 Å². The number of hydrogen-bond acceptors (Lipinski definition) is 1. The second-order valence-electron chi connectivity index (χ2n) is 4.11. The summed E-state index contributed by atoms with van der Waals surface area (Å²) in [6.45, 7) is 3.78. The Morgan fingerprint density at radius 1 is 1.29 bits per heavy atom. The molecular formula is C16H20O. The number of unbranched alkanes of at least 4 members (excludes halogenated alkanes) is 2. The lowest BCUT2D eigenvalue weighted by Crippen LogP contribution is -1.91. The molecule has 1 heteroatoms. The van der Waals surface area contributed by atoms with Crippen molar-refractivity contribution in [2.45, 2.75) is 33.1 Å². The molecule has 0 spiro atoms. The summed E-state index contributed by atoms with van der Waals surface area (Å²) in [6, 6.07) is 7.68. The first-order valence-electron chi connectivity index (χ1n) is 6.18. The Bertz CT molecular complexity index is 413. The summed E-state index contributed by atoms with van der Waals surface area (Å²) in [5, 5.41) is 0. The number of carbonyl (C=O) groups is 1. The van der Waals surface area contributed by atoms with Crippen LogP contribution in [-0.4, -0.2) is 5.78 Å². The zero-order valence-corrected chi connectivity index (χ0v) is 10.6.